The minimum atomic E-state index is -1.63. The van der Waals surface area contributed by atoms with Gasteiger partial charge in [0.05, 0.1) is 0 Å². The lowest BCUT2D eigenvalue weighted by Gasteiger charge is -2.44. The van der Waals surface area contributed by atoms with Crippen LogP contribution in [0.5, 0.6) is 0 Å². The Morgan fingerprint density at radius 3 is 0.952 bits per heavy atom. The molecule has 0 radical (unpaired) electrons. The van der Waals surface area contributed by atoms with Crippen molar-refractivity contribution in [3.63, 3.8) is 0 Å². The summed E-state index contributed by atoms with van der Waals surface area (Å²) in [5.41, 5.74) is 2.33. The van der Waals surface area contributed by atoms with Crippen molar-refractivity contribution in [1.29, 1.82) is 0 Å². The molecule has 0 fully saturated rings. The molecule has 128 valence electrons. The third-order valence-corrected chi connectivity index (χ3v) is 20.3. The third-order valence-electron chi connectivity index (χ3n) is 5.30. The maximum Gasteiger partial charge on any atom is 0.0218 e. The van der Waals surface area contributed by atoms with E-state index in [1.807, 2.05) is 0 Å². The van der Waals surface area contributed by atoms with Gasteiger partial charge in [-0.15, -0.1) is 0 Å². The fourth-order valence-corrected chi connectivity index (χ4v) is 16.3. The Bertz CT molecular complexity index is 334. The van der Waals surface area contributed by atoms with Crippen molar-refractivity contribution in [2.75, 3.05) is 0 Å². The first kappa shape index (κ1) is 22.3. The maximum atomic E-state index is 6.29. The molecule has 0 spiro atoms. The minimum absolute atomic E-state index is 0.581. The molecule has 0 aromatic carbocycles. The summed E-state index contributed by atoms with van der Waals surface area (Å²) in [5.74, 6) is 0. The molecular weight excluding hydrogens is 332 g/mol. The fourth-order valence-electron chi connectivity index (χ4n) is 2.59. The van der Waals surface area contributed by atoms with Crippen LogP contribution in [0.4, 0.5) is 0 Å². The van der Waals surface area contributed by atoms with Crippen molar-refractivity contribution < 1.29 is 0 Å². The number of nitrogens with one attached hydrogen (secondary N) is 1. The van der Waals surface area contributed by atoms with Crippen LogP contribution in [0, 0.1) is 0 Å². The lowest BCUT2D eigenvalue weighted by Crippen LogP contribution is -2.30. The molecule has 1 N–H and O–H groups in total. The van der Waals surface area contributed by atoms with E-state index in [9.17, 15) is 0 Å². The van der Waals surface area contributed by atoms with Crippen LogP contribution in [0.15, 0.2) is 0 Å². The van der Waals surface area contributed by atoms with Crippen molar-refractivity contribution in [2.24, 2.45) is 0 Å². The molecule has 4 atom stereocenters. The molecule has 0 aromatic rings. The molecule has 21 heavy (non-hydrogen) atoms. The van der Waals surface area contributed by atoms with Crippen molar-refractivity contribution >= 4 is 36.0 Å². The Hall–Kier alpha value is 1.26. The summed E-state index contributed by atoms with van der Waals surface area (Å²) in [7, 11) is 0. The molecule has 0 saturated carbocycles. The Balaban J connectivity index is 5.74. The number of rotatable bonds is 10. The topological polar surface area (TPSA) is 12.0 Å². The normalized spacial score (nSPS) is 23.6. The Labute approximate surface area is 144 Å². The molecule has 0 aliphatic rings. The van der Waals surface area contributed by atoms with Crippen LogP contribution in [-0.2, 0) is 23.6 Å². The quantitative estimate of drug-likeness (QED) is 0.438. The predicted molar refractivity (Wildman–Crippen MR) is 111 cm³/mol. The smallest absolute Gasteiger partial charge is 0.0218 e. The summed E-state index contributed by atoms with van der Waals surface area (Å²) in [6, 6.07) is 0. The van der Waals surface area contributed by atoms with E-state index in [1.54, 1.807) is 0 Å². The highest BCUT2D eigenvalue weighted by Gasteiger charge is 2.38. The molecule has 0 saturated heterocycles. The van der Waals surface area contributed by atoms with Crippen molar-refractivity contribution in [3.8, 4) is 0 Å². The molecular formula is C16H37NP2S2. The largest absolute Gasteiger partial charge is 0.258 e. The highest BCUT2D eigenvalue weighted by atomic mass is 32.5. The van der Waals surface area contributed by atoms with E-state index in [4.69, 9.17) is 23.6 Å². The molecule has 5 heteroatoms. The first-order valence-electron chi connectivity index (χ1n) is 8.62. The first-order valence-corrected chi connectivity index (χ1v) is 14.5. The Morgan fingerprint density at radius 2 is 0.810 bits per heavy atom. The van der Waals surface area contributed by atoms with Crippen LogP contribution in [0.25, 0.3) is 0 Å². The Morgan fingerprint density at radius 1 is 0.619 bits per heavy atom. The summed E-state index contributed by atoms with van der Waals surface area (Å²) in [6.07, 6.45) is 1.37. The van der Waals surface area contributed by atoms with Crippen LogP contribution in [-0.4, -0.2) is 22.6 Å². The van der Waals surface area contributed by atoms with Gasteiger partial charge in [0.2, 0.25) is 0 Å². The molecule has 0 rings (SSSR count). The van der Waals surface area contributed by atoms with Gasteiger partial charge < -0.3 is 0 Å². The van der Waals surface area contributed by atoms with Gasteiger partial charge in [0, 0.05) is 12.4 Å². The monoisotopic (exact) mass is 369 g/mol. The zero-order valence-electron chi connectivity index (χ0n) is 15.3. The molecule has 0 aliphatic heterocycles. The van der Waals surface area contributed by atoms with Gasteiger partial charge in [0.25, 0.3) is 0 Å². The van der Waals surface area contributed by atoms with E-state index in [0.29, 0.717) is 22.6 Å². The average Bonchev–Trinajstić information content (AvgIpc) is 2.50. The van der Waals surface area contributed by atoms with Gasteiger partial charge in [-0.05, 0) is 48.3 Å². The lowest BCUT2D eigenvalue weighted by atomic mass is 10.4. The molecule has 1 nitrogen and oxygen atoms in total. The van der Waals surface area contributed by atoms with Crippen LogP contribution < -0.4 is 4.86 Å². The van der Waals surface area contributed by atoms with E-state index in [1.165, 1.54) is 0 Å². The van der Waals surface area contributed by atoms with Crippen LogP contribution in [0.1, 0.15) is 81.1 Å². The lowest BCUT2D eigenvalue weighted by molar-refractivity contribution is 0.805. The van der Waals surface area contributed by atoms with Crippen LogP contribution in [0.3, 0.4) is 0 Å². The van der Waals surface area contributed by atoms with E-state index in [2.05, 4.69) is 60.2 Å². The third kappa shape index (κ3) is 5.12. The molecule has 0 amide bonds. The molecule has 0 heterocycles. The SMILES string of the molecule is CCC(C)P(=S)(NP(=S)(C(C)CC)C(C)CC)C(C)CC. The standard InChI is InChI=1S/C16H37NP2S2/c1-9-13(5)18(20,14(6)10-2)17-19(21,15(7)11-3)16(8)12-4/h13-16H,9-12H2,1-8H3,(H,17,20,21). The van der Waals surface area contributed by atoms with Gasteiger partial charge in [-0.1, -0.05) is 79.0 Å². The van der Waals surface area contributed by atoms with Crippen molar-refractivity contribution in [1.82, 2.24) is 4.86 Å². The zero-order valence-corrected chi connectivity index (χ0v) is 18.8. The summed E-state index contributed by atoms with van der Waals surface area (Å²) in [6.45, 7) is 18.4. The molecule has 0 aromatic heterocycles. The summed E-state index contributed by atoms with van der Waals surface area (Å²) < 4.78 is 0. The van der Waals surface area contributed by atoms with Gasteiger partial charge in [-0.2, -0.15) is 0 Å². The van der Waals surface area contributed by atoms with E-state index < -0.39 is 12.4 Å². The minimum Gasteiger partial charge on any atom is -0.258 e. The summed E-state index contributed by atoms with van der Waals surface area (Å²) in [4.78, 5) is 4.06. The van der Waals surface area contributed by atoms with Crippen LogP contribution >= 0.6 is 12.4 Å². The van der Waals surface area contributed by atoms with Gasteiger partial charge in [-0.25, -0.2) is 0 Å². The molecule has 4 unspecified atom stereocenters. The fraction of sp³-hybridized carbons (Fsp3) is 1.00. The van der Waals surface area contributed by atoms with Gasteiger partial charge >= 0.3 is 0 Å². The second-order valence-corrected chi connectivity index (χ2v) is 17.3. The molecule has 0 aliphatic carbocycles. The van der Waals surface area contributed by atoms with Gasteiger partial charge in [0.15, 0.2) is 0 Å². The second kappa shape index (κ2) is 9.53. The first-order chi connectivity index (χ1) is 9.63. The second-order valence-electron chi connectivity index (χ2n) is 6.55. The Kier molecular flexibility index (Phi) is 10.1. The number of hydrogen-bond acceptors (Lipinski definition) is 2. The molecule has 0 bridgehead atoms. The van der Waals surface area contributed by atoms with Crippen LogP contribution in [0.2, 0.25) is 0 Å². The van der Waals surface area contributed by atoms with E-state index in [-0.39, 0.29) is 0 Å². The van der Waals surface area contributed by atoms with Crippen molar-refractivity contribution in [3.05, 3.63) is 0 Å². The van der Waals surface area contributed by atoms with Gasteiger partial charge in [-0.3, -0.25) is 4.86 Å². The maximum absolute atomic E-state index is 6.29. The van der Waals surface area contributed by atoms with Crippen molar-refractivity contribution in [2.45, 2.75) is 104 Å². The zero-order chi connectivity index (χ0) is 16.8. The highest BCUT2D eigenvalue weighted by Crippen LogP contribution is 2.66. The average molecular weight is 370 g/mol. The summed E-state index contributed by atoms with van der Waals surface area (Å²) >= 11 is 12.6. The number of hydrogen-bond donors (Lipinski definition) is 1. The highest BCUT2D eigenvalue weighted by molar-refractivity contribution is 8.23. The predicted octanol–water partition coefficient (Wildman–Crippen LogP) is 6.56. The van der Waals surface area contributed by atoms with Gasteiger partial charge in [0.1, 0.15) is 0 Å². The van der Waals surface area contributed by atoms with E-state index >= 15 is 0 Å². The van der Waals surface area contributed by atoms with E-state index in [0.717, 1.165) is 25.7 Å². The summed E-state index contributed by atoms with van der Waals surface area (Å²) in [5, 5.41) is 0.